The number of aryl methyl sites for hydroxylation is 1. The molecule has 1 saturated heterocycles. The number of likely N-dealkylation sites (tertiary alicyclic amines) is 1. The standard InChI is InChI=1S/C19H21FN4O/c1-23-10-8-16(22-23)17-7-2-3-9-24(17)12-13-11-18(25)14-5-4-6-15(20)19(14)21-13/h4-6,8,10-11,17H,2-3,7,9,12H2,1H3,(H,21,25)/t17-/m0/s1. The Hall–Kier alpha value is -2.47. The largest absolute Gasteiger partial charge is 0.355 e. The van der Waals surface area contributed by atoms with Crippen LogP contribution in [0.25, 0.3) is 10.9 Å². The third-order valence-electron chi connectivity index (χ3n) is 4.93. The van der Waals surface area contributed by atoms with E-state index in [9.17, 15) is 9.18 Å². The van der Waals surface area contributed by atoms with Crippen LogP contribution < -0.4 is 5.43 Å². The normalized spacial score (nSPS) is 18.7. The van der Waals surface area contributed by atoms with Crippen LogP contribution in [-0.2, 0) is 13.6 Å². The van der Waals surface area contributed by atoms with Crippen molar-refractivity contribution >= 4 is 10.9 Å². The molecule has 1 atom stereocenters. The molecule has 0 unspecified atom stereocenters. The van der Waals surface area contributed by atoms with Gasteiger partial charge in [-0.25, -0.2) is 4.39 Å². The van der Waals surface area contributed by atoms with Gasteiger partial charge in [-0.2, -0.15) is 5.10 Å². The Bertz CT molecular complexity index is 961. The first-order chi connectivity index (χ1) is 12.1. The van der Waals surface area contributed by atoms with Gasteiger partial charge in [0.2, 0.25) is 0 Å². The van der Waals surface area contributed by atoms with Crippen molar-refractivity contribution in [1.29, 1.82) is 0 Å². The molecule has 3 heterocycles. The van der Waals surface area contributed by atoms with Gasteiger partial charge in [-0.15, -0.1) is 0 Å². The van der Waals surface area contributed by atoms with Crippen molar-refractivity contribution in [2.45, 2.75) is 31.8 Å². The summed E-state index contributed by atoms with van der Waals surface area (Å²) in [4.78, 5) is 17.8. The topological polar surface area (TPSA) is 53.9 Å². The second kappa shape index (κ2) is 6.44. The van der Waals surface area contributed by atoms with E-state index in [2.05, 4.69) is 15.0 Å². The average Bonchev–Trinajstić information content (AvgIpc) is 3.03. The minimum Gasteiger partial charge on any atom is -0.355 e. The number of fused-ring (bicyclic) bond motifs is 1. The van der Waals surface area contributed by atoms with Gasteiger partial charge in [-0.1, -0.05) is 12.5 Å². The van der Waals surface area contributed by atoms with E-state index in [0.29, 0.717) is 11.9 Å². The van der Waals surface area contributed by atoms with Crippen molar-refractivity contribution in [3.05, 3.63) is 64.0 Å². The lowest BCUT2D eigenvalue weighted by atomic mass is 9.99. The molecule has 4 rings (SSSR count). The van der Waals surface area contributed by atoms with Crippen molar-refractivity contribution in [3.8, 4) is 0 Å². The number of para-hydroxylation sites is 1. The molecule has 6 heteroatoms. The fourth-order valence-electron chi connectivity index (χ4n) is 3.72. The number of nitrogens with one attached hydrogen (secondary N) is 1. The molecule has 0 bridgehead atoms. The summed E-state index contributed by atoms with van der Waals surface area (Å²) in [5.41, 5.74) is 1.94. The molecule has 130 valence electrons. The monoisotopic (exact) mass is 340 g/mol. The first-order valence-electron chi connectivity index (χ1n) is 8.66. The molecule has 2 aromatic heterocycles. The van der Waals surface area contributed by atoms with Crippen molar-refractivity contribution in [1.82, 2.24) is 19.7 Å². The second-order valence-electron chi connectivity index (χ2n) is 6.72. The summed E-state index contributed by atoms with van der Waals surface area (Å²) in [7, 11) is 1.92. The molecule has 0 spiro atoms. The maximum Gasteiger partial charge on any atom is 0.189 e. The highest BCUT2D eigenvalue weighted by Gasteiger charge is 2.26. The van der Waals surface area contributed by atoms with Gasteiger partial charge in [0.15, 0.2) is 5.43 Å². The number of pyridine rings is 1. The molecule has 1 aromatic carbocycles. The molecule has 5 nitrogen and oxygen atoms in total. The van der Waals surface area contributed by atoms with Crippen molar-refractivity contribution in [3.63, 3.8) is 0 Å². The van der Waals surface area contributed by atoms with Crippen LogP contribution in [0.4, 0.5) is 4.39 Å². The molecule has 1 N–H and O–H groups in total. The highest BCUT2D eigenvalue weighted by molar-refractivity contribution is 5.78. The summed E-state index contributed by atoms with van der Waals surface area (Å²) in [5.74, 6) is -0.392. The highest BCUT2D eigenvalue weighted by atomic mass is 19.1. The van der Waals surface area contributed by atoms with Gasteiger partial charge in [-0.3, -0.25) is 14.4 Å². The smallest absolute Gasteiger partial charge is 0.189 e. The van der Waals surface area contributed by atoms with Crippen LogP contribution in [0.3, 0.4) is 0 Å². The van der Waals surface area contributed by atoms with E-state index in [1.165, 1.54) is 12.5 Å². The summed E-state index contributed by atoms with van der Waals surface area (Å²) in [6.07, 6.45) is 5.29. The van der Waals surface area contributed by atoms with Gasteiger partial charge in [-0.05, 0) is 37.6 Å². The van der Waals surface area contributed by atoms with E-state index < -0.39 is 5.82 Å². The molecule has 0 amide bonds. The third kappa shape index (κ3) is 3.09. The number of aromatic amines is 1. The second-order valence-corrected chi connectivity index (χ2v) is 6.72. The number of H-pyrrole nitrogens is 1. The predicted molar refractivity (Wildman–Crippen MR) is 94.7 cm³/mol. The van der Waals surface area contributed by atoms with Gasteiger partial charge >= 0.3 is 0 Å². The van der Waals surface area contributed by atoms with E-state index in [1.54, 1.807) is 18.2 Å². The molecule has 1 aliphatic rings. The Kier molecular flexibility index (Phi) is 4.13. The van der Waals surface area contributed by atoms with E-state index in [1.807, 2.05) is 24.0 Å². The molecule has 1 aliphatic heterocycles. The number of hydrogen-bond donors (Lipinski definition) is 1. The number of hydrogen-bond acceptors (Lipinski definition) is 3. The lowest BCUT2D eigenvalue weighted by Crippen LogP contribution is -2.33. The molecule has 0 radical (unpaired) electrons. The quantitative estimate of drug-likeness (QED) is 0.797. The summed E-state index contributed by atoms with van der Waals surface area (Å²) in [6, 6.07) is 8.46. The third-order valence-corrected chi connectivity index (χ3v) is 4.93. The van der Waals surface area contributed by atoms with Crippen LogP contribution in [-0.4, -0.2) is 26.2 Å². The van der Waals surface area contributed by atoms with Crippen LogP contribution in [0.1, 0.15) is 36.7 Å². The molecular weight excluding hydrogens is 319 g/mol. The van der Waals surface area contributed by atoms with Crippen molar-refractivity contribution in [2.75, 3.05) is 6.54 Å². The fourth-order valence-corrected chi connectivity index (χ4v) is 3.72. The Morgan fingerprint density at radius 3 is 3.00 bits per heavy atom. The zero-order chi connectivity index (χ0) is 17.4. The molecule has 25 heavy (non-hydrogen) atoms. The molecule has 3 aromatic rings. The SMILES string of the molecule is Cn1ccc([C@@H]2CCCCN2Cc2cc(=O)c3cccc(F)c3[nH]2)n1. The number of halogens is 1. The number of aromatic nitrogens is 3. The lowest BCUT2D eigenvalue weighted by molar-refractivity contribution is 0.135. The molecule has 1 fully saturated rings. The van der Waals surface area contributed by atoms with E-state index >= 15 is 0 Å². The van der Waals surface area contributed by atoms with Gasteiger partial charge in [0, 0.05) is 36.9 Å². The summed E-state index contributed by atoms with van der Waals surface area (Å²) in [5, 5.41) is 4.94. The van der Waals surface area contributed by atoms with Crippen LogP contribution in [0, 0.1) is 5.82 Å². The minimum absolute atomic E-state index is 0.144. The van der Waals surface area contributed by atoms with E-state index in [-0.39, 0.29) is 17.0 Å². The fraction of sp³-hybridized carbons (Fsp3) is 0.368. The van der Waals surface area contributed by atoms with Gasteiger partial charge in [0.1, 0.15) is 5.82 Å². The summed E-state index contributed by atoms with van der Waals surface area (Å²) in [6.45, 7) is 1.53. The molecule has 0 aliphatic carbocycles. The average molecular weight is 340 g/mol. The Balaban J connectivity index is 1.67. The zero-order valence-electron chi connectivity index (χ0n) is 14.2. The first kappa shape index (κ1) is 16.0. The lowest BCUT2D eigenvalue weighted by Gasteiger charge is -2.34. The van der Waals surface area contributed by atoms with Crippen LogP contribution in [0.2, 0.25) is 0 Å². The Morgan fingerprint density at radius 2 is 2.20 bits per heavy atom. The maximum atomic E-state index is 14.1. The van der Waals surface area contributed by atoms with Crippen molar-refractivity contribution < 1.29 is 4.39 Å². The number of piperidine rings is 1. The van der Waals surface area contributed by atoms with Crippen LogP contribution in [0.5, 0.6) is 0 Å². The zero-order valence-corrected chi connectivity index (χ0v) is 14.2. The summed E-state index contributed by atoms with van der Waals surface area (Å²) < 4.78 is 15.9. The minimum atomic E-state index is -0.392. The van der Waals surface area contributed by atoms with Gasteiger partial charge in [0.25, 0.3) is 0 Å². The Morgan fingerprint density at radius 1 is 1.32 bits per heavy atom. The van der Waals surface area contributed by atoms with Gasteiger partial charge in [0.05, 0.1) is 17.3 Å². The molecule has 0 saturated carbocycles. The Labute approximate surface area is 145 Å². The summed E-state index contributed by atoms with van der Waals surface area (Å²) >= 11 is 0. The van der Waals surface area contributed by atoms with Crippen LogP contribution in [0.15, 0.2) is 41.3 Å². The highest BCUT2D eigenvalue weighted by Crippen LogP contribution is 2.31. The van der Waals surface area contributed by atoms with E-state index in [4.69, 9.17) is 0 Å². The molecular formula is C19H21FN4O. The number of benzene rings is 1. The predicted octanol–water partition coefficient (Wildman–Crippen LogP) is 3.13. The van der Waals surface area contributed by atoms with E-state index in [0.717, 1.165) is 30.8 Å². The first-order valence-corrected chi connectivity index (χ1v) is 8.66. The van der Waals surface area contributed by atoms with Crippen LogP contribution >= 0.6 is 0 Å². The van der Waals surface area contributed by atoms with Gasteiger partial charge < -0.3 is 4.98 Å². The number of rotatable bonds is 3. The maximum absolute atomic E-state index is 14.1. The number of nitrogens with zero attached hydrogens (tertiary/aromatic N) is 3. The van der Waals surface area contributed by atoms with Crippen molar-refractivity contribution in [2.24, 2.45) is 7.05 Å².